The van der Waals surface area contributed by atoms with Crippen molar-refractivity contribution in [3.8, 4) is 5.82 Å². The van der Waals surface area contributed by atoms with Gasteiger partial charge in [0.2, 0.25) is 5.91 Å². The average Bonchev–Trinajstić information content (AvgIpc) is 2.76. The Balaban J connectivity index is 2.41. The molecule has 1 N–H and O–H groups in total. The van der Waals surface area contributed by atoms with E-state index in [2.05, 4.69) is 15.3 Å². The zero-order valence-corrected chi connectivity index (χ0v) is 9.84. The predicted octanol–water partition coefficient (Wildman–Crippen LogP) is 1.92. The molecule has 5 heteroatoms. The summed E-state index contributed by atoms with van der Waals surface area (Å²) in [5, 5.41) is 2.83. The number of hydrogen-bond acceptors (Lipinski definition) is 3. The molecule has 0 saturated heterocycles. The Hall–Kier alpha value is -2.17. The highest BCUT2D eigenvalue weighted by molar-refractivity contribution is 5.92. The monoisotopic (exact) mass is 230 g/mol. The van der Waals surface area contributed by atoms with Gasteiger partial charge in [-0.05, 0) is 19.1 Å². The van der Waals surface area contributed by atoms with Gasteiger partial charge >= 0.3 is 0 Å². The Kier molecular flexibility index (Phi) is 3.18. The van der Waals surface area contributed by atoms with Gasteiger partial charge in [0.15, 0.2) is 5.82 Å². The summed E-state index contributed by atoms with van der Waals surface area (Å²) in [6.45, 7) is 3.70. The third-order valence-electron chi connectivity index (χ3n) is 2.44. The Morgan fingerprint density at radius 2 is 2.24 bits per heavy atom. The van der Waals surface area contributed by atoms with Crippen LogP contribution in [0.1, 0.15) is 19.2 Å². The van der Waals surface area contributed by atoms with Crippen molar-refractivity contribution < 1.29 is 4.79 Å². The lowest BCUT2D eigenvalue weighted by molar-refractivity contribution is -0.115. The largest absolute Gasteiger partial charge is 0.323 e. The van der Waals surface area contributed by atoms with E-state index in [-0.39, 0.29) is 5.91 Å². The number of rotatable bonds is 3. The molecule has 0 aliphatic rings. The van der Waals surface area contributed by atoms with Gasteiger partial charge in [-0.25, -0.2) is 9.97 Å². The summed E-state index contributed by atoms with van der Waals surface area (Å²) >= 11 is 0. The van der Waals surface area contributed by atoms with Crippen molar-refractivity contribution in [2.75, 3.05) is 5.32 Å². The minimum Gasteiger partial charge on any atom is -0.323 e. The number of carbonyl (C=O) groups is 1. The van der Waals surface area contributed by atoms with E-state index in [0.717, 1.165) is 5.82 Å². The molecule has 0 radical (unpaired) electrons. The maximum Gasteiger partial charge on any atom is 0.224 e. The summed E-state index contributed by atoms with van der Waals surface area (Å²) in [6, 6.07) is 3.62. The van der Waals surface area contributed by atoms with Crippen LogP contribution in [0, 0.1) is 6.92 Å². The molecule has 88 valence electrons. The van der Waals surface area contributed by atoms with Crippen molar-refractivity contribution >= 4 is 11.6 Å². The second kappa shape index (κ2) is 4.78. The number of anilines is 1. The number of hydrogen-bond donors (Lipinski definition) is 1. The lowest BCUT2D eigenvalue weighted by atomic mass is 10.3. The number of aromatic nitrogens is 3. The summed E-state index contributed by atoms with van der Waals surface area (Å²) in [4.78, 5) is 19.8. The smallest absolute Gasteiger partial charge is 0.224 e. The van der Waals surface area contributed by atoms with Gasteiger partial charge in [-0.15, -0.1) is 0 Å². The van der Waals surface area contributed by atoms with Crippen LogP contribution in [0.15, 0.2) is 30.7 Å². The first-order valence-electron chi connectivity index (χ1n) is 5.47. The number of pyridine rings is 1. The molecule has 2 heterocycles. The zero-order valence-electron chi connectivity index (χ0n) is 9.84. The summed E-state index contributed by atoms with van der Waals surface area (Å²) in [6.07, 6.45) is 5.66. The first-order chi connectivity index (χ1) is 8.22. The summed E-state index contributed by atoms with van der Waals surface area (Å²) < 4.78 is 1.84. The van der Waals surface area contributed by atoms with Crippen molar-refractivity contribution in [3.63, 3.8) is 0 Å². The van der Waals surface area contributed by atoms with Crippen LogP contribution in [-0.4, -0.2) is 20.4 Å². The van der Waals surface area contributed by atoms with Crippen LogP contribution >= 0.6 is 0 Å². The third kappa shape index (κ3) is 2.33. The third-order valence-corrected chi connectivity index (χ3v) is 2.44. The van der Waals surface area contributed by atoms with Crippen LogP contribution in [0.2, 0.25) is 0 Å². The topological polar surface area (TPSA) is 59.8 Å². The predicted molar refractivity (Wildman–Crippen MR) is 65.0 cm³/mol. The van der Waals surface area contributed by atoms with Gasteiger partial charge in [-0.3, -0.25) is 9.36 Å². The van der Waals surface area contributed by atoms with E-state index in [1.165, 1.54) is 0 Å². The van der Waals surface area contributed by atoms with Crippen LogP contribution in [0.25, 0.3) is 5.82 Å². The highest BCUT2D eigenvalue weighted by Crippen LogP contribution is 2.18. The maximum atomic E-state index is 11.4. The lowest BCUT2D eigenvalue weighted by Crippen LogP contribution is -2.13. The molecule has 0 atom stereocenters. The number of aryl methyl sites for hydroxylation is 1. The Bertz CT molecular complexity index is 533. The fraction of sp³-hybridized carbons (Fsp3) is 0.250. The minimum absolute atomic E-state index is 0.0305. The standard InChI is InChI=1S/C12H14N4O/c1-3-11(17)15-10-5-4-6-14-12(10)16-8-7-13-9(16)2/h4-8H,3H2,1-2H3,(H,15,17). The molecule has 0 aliphatic carbocycles. The second-order valence-corrected chi connectivity index (χ2v) is 3.62. The van der Waals surface area contributed by atoms with E-state index < -0.39 is 0 Å². The van der Waals surface area contributed by atoms with E-state index in [1.807, 2.05) is 30.7 Å². The number of nitrogens with zero attached hydrogens (tertiary/aromatic N) is 3. The van der Waals surface area contributed by atoms with Gasteiger partial charge in [-0.1, -0.05) is 6.92 Å². The quantitative estimate of drug-likeness (QED) is 0.876. The SMILES string of the molecule is CCC(=O)Nc1cccnc1-n1ccnc1C. The molecule has 0 saturated carbocycles. The molecule has 0 bridgehead atoms. The molecule has 1 amide bonds. The van der Waals surface area contributed by atoms with Gasteiger partial charge in [0.1, 0.15) is 5.82 Å². The molecule has 17 heavy (non-hydrogen) atoms. The van der Waals surface area contributed by atoms with Crippen LogP contribution < -0.4 is 5.32 Å². The molecule has 0 aliphatic heterocycles. The molecule has 2 rings (SSSR count). The molecule has 2 aromatic heterocycles. The van der Waals surface area contributed by atoms with E-state index >= 15 is 0 Å². The van der Waals surface area contributed by atoms with Crippen LogP contribution in [0.5, 0.6) is 0 Å². The summed E-state index contributed by atoms with van der Waals surface area (Å²) in [5.74, 6) is 1.48. The number of imidazole rings is 1. The van der Waals surface area contributed by atoms with E-state index in [9.17, 15) is 4.79 Å². The normalized spacial score (nSPS) is 10.2. The van der Waals surface area contributed by atoms with Crippen molar-refractivity contribution in [1.29, 1.82) is 0 Å². The summed E-state index contributed by atoms with van der Waals surface area (Å²) in [7, 11) is 0. The highest BCUT2D eigenvalue weighted by Gasteiger charge is 2.09. The van der Waals surface area contributed by atoms with E-state index in [0.29, 0.717) is 17.9 Å². The number of amides is 1. The molecule has 0 unspecified atom stereocenters. The van der Waals surface area contributed by atoms with E-state index in [4.69, 9.17) is 0 Å². The van der Waals surface area contributed by atoms with Crippen LogP contribution in [0.4, 0.5) is 5.69 Å². The first-order valence-corrected chi connectivity index (χ1v) is 5.47. The maximum absolute atomic E-state index is 11.4. The van der Waals surface area contributed by atoms with E-state index in [1.54, 1.807) is 18.5 Å². The van der Waals surface area contributed by atoms with Gasteiger partial charge in [-0.2, -0.15) is 0 Å². The van der Waals surface area contributed by atoms with Gasteiger partial charge in [0.25, 0.3) is 0 Å². The molecular formula is C12H14N4O. The fourth-order valence-electron chi connectivity index (χ4n) is 1.53. The van der Waals surface area contributed by atoms with Gasteiger partial charge in [0, 0.05) is 25.0 Å². The first kappa shape index (κ1) is 11.3. The molecule has 5 nitrogen and oxygen atoms in total. The molecule has 0 spiro atoms. The van der Waals surface area contributed by atoms with Crippen molar-refractivity contribution in [2.24, 2.45) is 0 Å². The summed E-state index contributed by atoms with van der Waals surface area (Å²) in [5.41, 5.74) is 0.695. The van der Waals surface area contributed by atoms with Gasteiger partial charge < -0.3 is 5.32 Å². The molecular weight excluding hydrogens is 216 g/mol. The zero-order chi connectivity index (χ0) is 12.3. The fourth-order valence-corrected chi connectivity index (χ4v) is 1.53. The van der Waals surface area contributed by atoms with Crippen LogP contribution in [0.3, 0.4) is 0 Å². The minimum atomic E-state index is -0.0305. The lowest BCUT2D eigenvalue weighted by Gasteiger charge is -2.10. The molecule has 0 aromatic carbocycles. The molecule has 0 fully saturated rings. The second-order valence-electron chi connectivity index (χ2n) is 3.62. The highest BCUT2D eigenvalue weighted by atomic mass is 16.1. The van der Waals surface area contributed by atoms with Gasteiger partial charge in [0.05, 0.1) is 5.69 Å². The number of carbonyl (C=O) groups excluding carboxylic acids is 1. The Morgan fingerprint density at radius 3 is 2.88 bits per heavy atom. The van der Waals surface area contributed by atoms with Crippen molar-refractivity contribution in [1.82, 2.24) is 14.5 Å². The average molecular weight is 230 g/mol. The van der Waals surface area contributed by atoms with Crippen molar-refractivity contribution in [2.45, 2.75) is 20.3 Å². The Labute approximate surface area is 99.5 Å². The van der Waals surface area contributed by atoms with Crippen molar-refractivity contribution in [3.05, 3.63) is 36.5 Å². The van der Waals surface area contributed by atoms with Crippen LogP contribution in [-0.2, 0) is 4.79 Å². The number of nitrogens with one attached hydrogen (secondary N) is 1. The Morgan fingerprint density at radius 1 is 1.41 bits per heavy atom. The molecule has 2 aromatic rings.